The molecule has 162 valence electrons. The van der Waals surface area contributed by atoms with Crippen molar-refractivity contribution < 1.29 is 18.0 Å². The van der Waals surface area contributed by atoms with Crippen molar-refractivity contribution in [2.75, 3.05) is 24.2 Å². The van der Waals surface area contributed by atoms with Gasteiger partial charge in [-0.3, -0.25) is 13.9 Å². The third-order valence-corrected chi connectivity index (χ3v) is 6.12. The standard InChI is InChI=1S/C21H26ClN3O4S/c1-15-7-5-6-8-19(15)25(30(4,28)29)14-20(26)24(16(2)21(27)23-3)13-17-9-11-18(22)12-10-17/h5-12,16H,13-14H2,1-4H3,(H,23,27)/t16-/m0/s1. The van der Waals surface area contributed by atoms with Gasteiger partial charge >= 0.3 is 0 Å². The average molecular weight is 452 g/mol. The first-order valence-corrected chi connectivity index (χ1v) is 11.6. The van der Waals surface area contributed by atoms with Crippen LogP contribution in [-0.2, 0) is 26.2 Å². The predicted molar refractivity (Wildman–Crippen MR) is 119 cm³/mol. The second-order valence-corrected chi connectivity index (χ2v) is 9.34. The molecule has 1 atom stereocenters. The number of sulfonamides is 1. The molecule has 2 rings (SSSR count). The number of carbonyl (C=O) groups excluding carboxylic acids is 2. The zero-order chi connectivity index (χ0) is 22.5. The molecule has 0 saturated heterocycles. The number of para-hydroxylation sites is 1. The van der Waals surface area contributed by atoms with E-state index in [1.165, 1.54) is 11.9 Å². The van der Waals surface area contributed by atoms with Gasteiger partial charge in [0.15, 0.2) is 0 Å². The molecule has 0 aliphatic carbocycles. The molecule has 0 saturated carbocycles. The largest absolute Gasteiger partial charge is 0.357 e. The van der Waals surface area contributed by atoms with Crippen LogP contribution in [0.2, 0.25) is 5.02 Å². The summed E-state index contributed by atoms with van der Waals surface area (Å²) in [5.41, 5.74) is 1.91. The summed E-state index contributed by atoms with van der Waals surface area (Å²) in [5.74, 6) is -0.839. The Kier molecular flexibility index (Phi) is 7.86. The molecule has 0 aliphatic rings. The zero-order valence-electron chi connectivity index (χ0n) is 17.4. The van der Waals surface area contributed by atoms with E-state index in [2.05, 4.69) is 5.32 Å². The molecule has 1 N–H and O–H groups in total. The second kappa shape index (κ2) is 9.95. The van der Waals surface area contributed by atoms with Crippen molar-refractivity contribution in [3.8, 4) is 0 Å². The SMILES string of the molecule is CNC(=O)[C@H](C)N(Cc1ccc(Cl)cc1)C(=O)CN(c1ccccc1C)S(C)(=O)=O. The van der Waals surface area contributed by atoms with Crippen LogP contribution in [0.25, 0.3) is 0 Å². The highest BCUT2D eigenvalue weighted by Crippen LogP contribution is 2.23. The summed E-state index contributed by atoms with van der Waals surface area (Å²) >= 11 is 5.93. The Morgan fingerprint density at radius 2 is 1.70 bits per heavy atom. The van der Waals surface area contributed by atoms with Gasteiger partial charge in [-0.2, -0.15) is 0 Å². The molecule has 30 heavy (non-hydrogen) atoms. The van der Waals surface area contributed by atoms with Gasteiger partial charge in [0.1, 0.15) is 12.6 Å². The van der Waals surface area contributed by atoms with E-state index in [0.29, 0.717) is 10.7 Å². The van der Waals surface area contributed by atoms with Crippen LogP contribution in [-0.4, -0.2) is 51.0 Å². The molecular weight excluding hydrogens is 426 g/mol. The minimum atomic E-state index is -3.73. The Morgan fingerprint density at radius 3 is 2.23 bits per heavy atom. The highest BCUT2D eigenvalue weighted by atomic mass is 35.5. The van der Waals surface area contributed by atoms with Crippen LogP contribution < -0.4 is 9.62 Å². The van der Waals surface area contributed by atoms with Crippen molar-refractivity contribution in [3.05, 3.63) is 64.7 Å². The molecule has 0 spiro atoms. The Morgan fingerprint density at radius 1 is 1.10 bits per heavy atom. The summed E-state index contributed by atoms with van der Waals surface area (Å²) in [5, 5.41) is 3.09. The molecule has 2 aromatic carbocycles. The van der Waals surface area contributed by atoms with Crippen molar-refractivity contribution >= 4 is 39.1 Å². The molecule has 2 aromatic rings. The van der Waals surface area contributed by atoms with Crippen molar-refractivity contribution in [1.29, 1.82) is 0 Å². The summed E-state index contributed by atoms with van der Waals surface area (Å²) in [4.78, 5) is 26.8. The van der Waals surface area contributed by atoms with Gasteiger partial charge in [-0.05, 0) is 43.2 Å². The van der Waals surface area contributed by atoms with Gasteiger partial charge in [-0.15, -0.1) is 0 Å². The van der Waals surface area contributed by atoms with Crippen LogP contribution in [0.1, 0.15) is 18.1 Å². The number of anilines is 1. The lowest BCUT2D eigenvalue weighted by Gasteiger charge is -2.31. The van der Waals surface area contributed by atoms with Crippen LogP contribution in [0.5, 0.6) is 0 Å². The molecular formula is C21H26ClN3O4S. The number of rotatable bonds is 8. The van der Waals surface area contributed by atoms with Crippen LogP contribution in [0.15, 0.2) is 48.5 Å². The fourth-order valence-electron chi connectivity index (χ4n) is 3.02. The molecule has 0 aromatic heterocycles. The first kappa shape index (κ1) is 23.7. The number of amides is 2. The molecule has 0 radical (unpaired) electrons. The highest BCUT2D eigenvalue weighted by molar-refractivity contribution is 7.92. The topological polar surface area (TPSA) is 86.8 Å². The smallest absolute Gasteiger partial charge is 0.244 e. The lowest BCUT2D eigenvalue weighted by Crippen LogP contribution is -2.50. The Labute approximate surface area is 182 Å². The van der Waals surface area contributed by atoms with E-state index in [4.69, 9.17) is 11.6 Å². The van der Waals surface area contributed by atoms with Gasteiger partial charge in [0.2, 0.25) is 21.8 Å². The molecule has 0 unspecified atom stereocenters. The molecule has 0 fully saturated rings. The third-order valence-electron chi connectivity index (χ3n) is 4.74. The van der Waals surface area contributed by atoms with Crippen molar-refractivity contribution in [1.82, 2.24) is 10.2 Å². The van der Waals surface area contributed by atoms with Gasteiger partial charge in [-0.1, -0.05) is 41.9 Å². The molecule has 0 heterocycles. The van der Waals surface area contributed by atoms with Crippen LogP contribution in [0.3, 0.4) is 0 Å². The monoisotopic (exact) mass is 451 g/mol. The first-order valence-electron chi connectivity index (χ1n) is 9.33. The fourth-order valence-corrected chi connectivity index (χ4v) is 4.05. The maximum absolute atomic E-state index is 13.2. The summed E-state index contributed by atoms with van der Waals surface area (Å²) in [6.07, 6.45) is 1.05. The first-order chi connectivity index (χ1) is 14.0. The Hall–Kier alpha value is -2.58. The van der Waals surface area contributed by atoms with E-state index in [-0.39, 0.29) is 12.5 Å². The van der Waals surface area contributed by atoms with Crippen LogP contribution in [0.4, 0.5) is 5.69 Å². The lowest BCUT2D eigenvalue weighted by molar-refractivity contribution is -0.139. The minimum absolute atomic E-state index is 0.135. The van der Waals surface area contributed by atoms with E-state index in [9.17, 15) is 18.0 Å². The number of hydrogen-bond acceptors (Lipinski definition) is 4. The summed E-state index contributed by atoms with van der Waals surface area (Å²) in [7, 11) is -2.25. The van der Waals surface area contributed by atoms with E-state index < -0.39 is 28.5 Å². The van der Waals surface area contributed by atoms with Crippen LogP contribution >= 0.6 is 11.6 Å². The fraction of sp³-hybridized carbons (Fsp3) is 0.333. The van der Waals surface area contributed by atoms with E-state index in [1.807, 2.05) is 0 Å². The maximum atomic E-state index is 13.2. The van der Waals surface area contributed by atoms with E-state index >= 15 is 0 Å². The highest BCUT2D eigenvalue weighted by Gasteiger charge is 2.30. The van der Waals surface area contributed by atoms with Crippen LogP contribution in [0, 0.1) is 6.92 Å². The number of hydrogen-bond donors (Lipinski definition) is 1. The molecule has 2 amide bonds. The number of halogens is 1. The molecule has 0 bridgehead atoms. The number of nitrogens with one attached hydrogen (secondary N) is 1. The van der Waals surface area contributed by atoms with Gasteiger partial charge in [0, 0.05) is 18.6 Å². The van der Waals surface area contributed by atoms with Gasteiger partial charge in [-0.25, -0.2) is 8.42 Å². The summed E-state index contributed by atoms with van der Waals surface area (Å²) < 4.78 is 26.0. The Bertz CT molecular complexity index is 1010. The van der Waals surface area contributed by atoms with Crippen molar-refractivity contribution in [3.63, 3.8) is 0 Å². The number of likely N-dealkylation sites (N-methyl/N-ethyl adjacent to an activating group) is 1. The minimum Gasteiger partial charge on any atom is -0.357 e. The second-order valence-electron chi connectivity index (χ2n) is 6.99. The summed E-state index contributed by atoms with van der Waals surface area (Å²) in [6, 6.07) is 13.0. The summed E-state index contributed by atoms with van der Waals surface area (Å²) in [6.45, 7) is 3.09. The van der Waals surface area contributed by atoms with Gasteiger partial charge in [0.25, 0.3) is 0 Å². The van der Waals surface area contributed by atoms with E-state index in [0.717, 1.165) is 21.7 Å². The maximum Gasteiger partial charge on any atom is 0.244 e. The van der Waals surface area contributed by atoms with Gasteiger partial charge < -0.3 is 10.2 Å². The third kappa shape index (κ3) is 5.96. The van der Waals surface area contributed by atoms with E-state index in [1.54, 1.807) is 62.4 Å². The normalized spacial score (nSPS) is 12.2. The zero-order valence-corrected chi connectivity index (χ0v) is 19.0. The van der Waals surface area contributed by atoms with Crippen molar-refractivity contribution in [2.24, 2.45) is 0 Å². The Balaban J connectivity index is 2.38. The molecule has 0 aliphatic heterocycles. The molecule has 7 nitrogen and oxygen atoms in total. The van der Waals surface area contributed by atoms with Gasteiger partial charge in [0.05, 0.1) is 11.9 Å². The number of benzene rings is 2. The molecule has 9 heteroatoms. The predicted octanol–water partition coefficient (Wildman–Crippen LogP) is 2.58. The number of nitrogens with zero attached hydrogens (tertiary/aromatic N) is 2. The number of carbonyl (C=O) groups is 2. The lowest BCUT2D eigenvalue weighted by atomic mass is 10.1. The van der Waals surface area contributed by atoms with Crippen molar-refractivity contribution in [2.45, 2.75) is 26.4 Å². The average Bonchev–Trinajstić information content (AvgIpc) is 2.70. The quantitative estimate of drug-likeness (QED) is 0.668. The number of aryl methyl sites for hydroxylation is 1.